The van der Waals surface area contributed by atoms with Crippen LogP contribution in [0.5, 0.6) is 0 Å². The minimum Gasteiger partial charge on any atom is -0.370 e. The molecule has 0 radical (unpaired) electrons. The molecule has 2 heterocycles. The summed E-state index contributed by atoms with van der Waals surface area (Å²) in [5.74, 6) is 0.525. The van der Waals surface area contributed by atoms with Crippen LogP contribution in [0.4, 0.5) is 21.6 Å². The van der Waals surface area contributed by atoms with Crippen LogP contribution in [-0.4, -0.2) is 52.7 Å². The van der Waals surface area contributed by atoms with Crippen molar-refractivity contribution in [1.29, 1.82) is 0 Å². The van der Waals surface area contributed by atoms with Crippen molar-refractivity contribution in [1.82, 2.24) is 24.8 Å². The Labute approximate surface area is 231 Å². The van der Waals surface area contributed by atoms with E-state index in [1.165, 1.54) is 18.9 Å². The molecule has 0 amide bonds. The minimum absolute atomic E-state index is 0.226. The second-order valence-corrected chi connectivity index (χ2v) is 9.85. The first-order valence-electron chi connectivity index (χ1n) is 13.8. The summed E-state index contributed by atoms with van der Waals surface area (Å²) in [6.45, 7) is 14.1. The summed E-state index contributed by atoms with van der Waals surface area (Å²) in [5, 5.41) is 11.5. The molecule has 4 rings (SSSR count). The highest BCUT2D eigenvalue weighted by Gasteiger charge is 2.13. The summed E-state index contributed by atoms with van der Waals surface area (Å²) in [6, 6.07) is 14.9. The van der Waals surface area contributed by atoms with Crippen LogP contribution in [0.15, 0.2) is 67.6 Å². The van der Waals surface area contributed by atoms with Gasteiger partial charge in [0, 0.05) is 50.8 Å². The number of nitrogens with one attached hydrogen (secondary N) is 2. The number of hydrogen-bond acceptors (Lipinski definition) is 6. The molecule has 39 heavy (non-hydrogen) atoms. The highest BCUT2D eigenvalue weighted by Crippen LogP contribution is 2.29. The molecule has 2 N–H and O–H groups in total. The predicted molar refractivity (Wildman–Crippen MR) is 160 cm³/mol. The van der Waals surface area contributed by atoms with Crippen molar-refractivity contribution in [2.24, 2.45) is 0 Å². The maximum atomic E-state index is 13.7. The molecule has 7 nitrogen and oxygen atoms in total. The number of benzene rings is 2. The SMILES string of the molecule is C=Cc1cc(Nc2ncnn3ccc(CNCCN(CCC)CCC)c23)ccc1N(C)Cc1cccc(F)c1. The van der Waals surface area contributed by atoms with Crippen LogP contribution in [0.25, 0.3) is 11.6 Å². The first-order valence-corrected chi connectivity index (χ1v) is 13.8. The lowest BCUT2D eigenvalue weighted by atomic mass is 10.1. The Hall–Kier alpha value is -3.75. The van der Waals surface area contributed by atoms with E-state index in [0.29, 0.717) is 6.54 Å². The Morgan fingerprint density at radius 3 is 2.62 bits per heavy atom. The summed E-state index contributed by atoms with van der Waals surface area (Å²) in [4.78, 5) is 9.17. The van der Waals surface area contributed by atoms with Gasteiger partial charge in [0.25, 0.3) is 0 Å². The van der Waals surface area contributed by atoms with Crippen molar-refractivity contribution < 1.29 is 4.39 Å². The number of halogens is 1. The largest absolute Gasteiger partial charge is 0.370 e. The molecule has 2 aromatic heterocycles. The lowest BCUT2D eigenvalue weighted by Gasteiger charge is -2.22. The van der Waals surface area contributed by atoms with Crippen molar-refractivity contribution in [3.05, 3.63) is 90.1 Å². The molecule has 4 aromatic rings. The van der Waals surface area contributed by atoms with Crippen LogP contribution in [-0.2, 0) is 13.1 Å². The van der Waals surface area contributed by atoms with Gasteiger partial charge in [-0.3, -0.25) is 0 Å². The minimum atomic E-state index is -0.226. The van der Waals surface area contributed by atoms with Gasteiger partial charge in [0.1, 0.15) is 17.7 Å². The first-order chi connectivity index (χ1) is 19.0. The summed E-state index contributed by atoms with van der Waals surface area (Å²) < 4.78 is 15.5. The molecule has 2 aromatic carbocycles. The van der Waals surface area contributed by atoms with Gasteiger partial charge >= 0.3 is 0 Å². The average molecular weight is 530 g/mol. The van der Waals surface area contributed by atoms with Gasteiger partial charge in [-0.2, -0.15) is 5.10 Å². The zero-order valence-corrected chi connectivity index (χ0v) is 23.3. The van der Waals surface area contributed by atoms with Crippen LogP contribution >= 0.6 is 0 Å². The van der Waals surface area contributed by atoms with E-state index in [9.17, 15) is 4.39 Å². The fraction of sp³-hybridized carbons (Fsp3) is 0.355. The third kappa shape index (κ3) is 7.43. The van der Waals surface area contributed by atoms with Gasteiger partial charge in [-0.05, 0) is 79.0 Å². The maximum absolute atomic E-state index is 13.7. The molecule has 0 bridgehead atoms. The van der Waals surface area contributed by atoms with Gasteiger partial charge in [0.05, 0.1) is 0 Å². The lowest BCUT2D eigenvalue weighted by molar-refractivity contribution is 0.274. The zero-order chi connectivity index (χ0) is 27.6. The van der Waals surface area contributed by atoms with Crippen molar-refractivity contribution >= 4 is 28.8 Å². The second-order valence-electron chi connectivity index (χ2n) is 9.85. The van der Waals surface area contributed by atoms with Crippen LogP contribution in [0, 0.1) is 5.82 Å². The molecular formula is C31H40FN7. The number of anilines is 3. The smallest absolute Gasteiger partial charge is 0.158 e. The van der Waals surface area contributed by atoms with E-state index >= 15 is 0 Å². The van der Waals surface area contributed by atoms with Crippen molar-refractivity contribution in [3.8, 4) is 0 Å². The van der Waals surface area contributed by atoms with E-state index in [2.05, 4.69) is 69.1 Å². The van der Waals surface area contributed by atoms with Crippen molar-refractivity contribution in [2.75, 3.05) is 43.4 Å². The molecule has 0 aliphatic heterocycles. The fourth-order valence-electron chi connectivity index (χ4n) is 4.96. The van der Waals surface area contributed by atoms with Crippen molar-refractivity contribution in [3.63, 3.8) is 0 Å². The van der Waals surface area contributed by atoms with Crippen LogP contribution in [0.2, 0.25) is 0 Å². The molecule has 206 valence electrons. The number of fused-ring (bicyclic) bond motifs is 1. The standard InChI is InChI=1S/C31H40FN7/c1-5-15-38(16-6-2)18-14-33-21-26-13-17-39-30(26)31(34-23-35-39)36-28-11-12-29(25(7-3)20-28)37(4)22-24-9-8-10-27(32)19-24/h7-13,17,19-20,23,33H,3,5-6,14-16,18,21-22H2,1-2,4H3,(H,34,35,36). The Morgan fingerprint density at radius 2 is 1.87 bits per heavy atom. The molecule has 0 saturated heterocycles. The Balaban J connectivity index is 1.47. The van der Waals surface area contributed by atoms with Crippen molar-refractivity contribution in [2.45, 2.75) is 39.8 Å². The zero-order valence-electron chi connectivity index (χ0n) is 23.3. The number of nitrogens with zero attached hydrogens (tertiary/aromatic N) is 5. The molecular weight excluding hydrogens is 489 g/mol. The normalized spacial score (nSPS) is 11.3. The highest BCUT2D eigenvalue weighted by atomic mass is 19.1. The predicted octanol–water partition coefficient (Wildman–Crippen LogP) is 6.10. The molecule has 0 fully saturated rings. The Kier molecular flexibility index (Phi) is 10.1. The summed E-state index contributed by atoms with van der Waals surface area (Å²) in [5.41, 5.74) is 5.91. The van der Waals surface area contributed by atoms with Gasteiger partial charge in [-0.25, -0.2) is 13.9 Å². The monoisotopic (exact) mass is 529 g/mol. The third-order valence-corrected chi connectivity index (χ3v) is 6.77. The molecule has 0 spiro atoms. The van der Waals surface area contributed by atoms with E-state index in [-0.39, 0.29) is 5.82 Å². The second kappa shape index (κ2) is 13.9. The molecule has 0 aliphatic carbocycles. The molecule has 0 aliphatic rings. The van der Waals surface area contributed by atoms with Gasteiger partial charge in [0.2, 0.25) is 0 Å². The van der Waals surface area contributed by atoms with Crippen LogP contribution in [0.1, 0.15) is 43.4 Å². The Bertz CT molecular complexity index is 1360. The summed E-state index contributed by atoms with van der Waals surface area (Å²) in [7, 11) is 2.00. The van der Waals surface area contributed by atoms with Crippen LogP contribution < -0.4 is 15.5 Å². The summed E-state index contributed by atoms with van der Waals surface area (Å²) in [6.07, 6.45) is 7.72. The maximum Gasteiger partial charge on any atom is 0.158 e. The van der Waals surface area contributed by atoms with E-state index in [1.807, 2.05) is 36.0 Å². The number of rotatable bonds is 15. The fourth-order valence-corrected chi connectivity index (χ4v) is 4.96. The van der Waals surface area contributed by atoms with Gasteiger partial charge in [0.15, 0.2) is 5.82 Å². The highest BCUT2D eigenvalue weighted by molar-refractivity contribution is 5.79. The quantitative estimate of drug-likeness (QED) is 0.181. The average Bonchev–Trinajstić information content (AvgIpc) is 3.35. The van der Waals surface area contributed by atoms with Gasteiger partial charge < -0.3 is 20.4 Å². The van der Waals surface area contributed by atoms with E-state index < -0.39 is 0 Å². The third-order valence-electron chi connectivity index (χ3n) is 6.77. The van der Waals surface area contributed by atoms with Crippen LogP contribution in [0.3, 0.4) is 0 Å². The molecule has 0 saturated carbocycles. The summed E-state index contributed by atoms with van der Waals surface area (Å²) >= 11 is 0. The van der Waals surface area contributed by atoms with E-state index in [4.69, 9.17) is 0 Å². The molecule has 0 unspecified atom stereocenters. The van der Waals surface area contributed by atoms with Gasteiger partial charge in [-0.1, -0.05) is 38.6 Å². The topological polar surface area (TPSA) is 60.7 Å². The Morgan fingerprint density at radius 1 is 1.05 bits per heavy atom. The van der Waals surface area contributed by atoms with E-state index in [1.54, 1.807) is 18.5 Å². The number of aromatic nitrogens is 3. The number of hydrogen-bond donors (Lipinski definition) is 2. The molecule has 0 atom stereocenters. The van der Waals surface area contributed by atoms with E-state index in [0.717, 1.165) is 72.1 Å². The molecule has 8 heteroatoms. The lowest BCUT2D eigenvalue weighted by Crippen LogP contribution is -2.33. The van der Waals surface area contributed by atoms with Gasteiger partial charge in [-0.15, -0.1) is 0 Å². The first kappa shape index (κ1) is 28.3.